The van der Waals surface area contributed by atoms with Gasteiger partial charge in [-0.15, -0.1) is 4.48 Å². The molecule has 0 aliphatic carbocycles. The number of amides is 2. The van der Waals surface area contributed by atoms with E-state index in [1.165, 1.54) is 0 Å². The number of carboxylic acid groups (broad SMARTS) is 1. The van der Waals surface area contributed by atoms with Crippen LogP contribution < -0.4 is 5.32 Å². The molecule has 0 unspecified atom stereocenters. The van der Waals surface area contributed by atoms with Gasteiger partial charge in [-0.2, -0.15) is 8.42 Å². The fraction of sp³-hybridized carbons (Fsp3) is 0.417. The molecule has 3 aliphatic heterocycles. The highest BCUT2D eigenvalue weighted by molar-refractivity contribution is 9.09. The number of hydrogen-bond donors (Lipinski definition) is 2. The number of alkyl halides is 1. The van der Waals surface area contributed by atoms with Gasteiger partial charge >= 0.3 is 27.9 Å². The number of imide groups is 1. The van der Waals surface area contributed by atoms with Gasteiger partial charge in [-0.25, -0.2) is 14.4 Å². The molecule has 0 aromatic carbocycles. The van der Waals surface area contributed by atoms with E-state index < -0.39 is 49.9 Å². The number of carbonyl (C=O) groups is 3. The molecule has 0 aromatic rings. The number of nitrogens with zero attached hydrogens (tertiary/aromatic N) is 1. The molecule has 3 aliphatic rings. The highest BCUT2D eigenvalue weighted by Crippen LogP contribution is 2.53. The van der Waals surface area contributed by atoms with Crippen molar-refractivity contribution >= 4 is 43.8 Å². The Morgan fingerprint density at radius 3 is 2.65 bits per heavy atom. The molecular formula is C12H12BrN2O7S+. The van der Waals surface area contributed by atoms with E-state index in [4.69, 9.17) is 4.18 Å². The predicted octanol–water partition coefficient (Wildman–Crippen LogP) is -0.833. The van der Waals surface area contributed by atoms with Crippen LogP contribution >= 0.6 is 15.9 Å². The smallest absolute Gasteiger partial charge is 0.396 e. The monoisotopic (exact) mass is 407 g/mol. The number of halogens is 1. The van der Waals surface area contributed by atoms with Crippen molar-refractivity contribution in [3.63, 3.8) is 0 Å². The average molecular weight is 408 g/mol. The van der Waals surface area contributed by atoms with Crippen LogP contribution in [0.3, 0.4) is 0 Å². The molecule has 2 amide bonds. The van der Waals surface area contributed by atoms with Gasteiger partial charge < -0.3 is 9.29 Å². The fourth-order valence-electron chi connectivity index (χ4n) is 3.30. The van der Waals surface area contributed by atoms with Gasteiger partial charge in [-0.05, 0) is 6.42 Å². The number of allylic oxidation sites excluding steroid dienone is 1. The number of nitrogens with one attached hydrogen (secondary N) is 1. The van der Waals surface area contributed by atoms with Crippen molar-refractivity contribution in [1.82, 2.24) is 5.32 Å². The van der Waals surface area contributed by atoms with Gasteiger partial charge in [-0.3, -0.25) is 5.32 Å². The lowest BCUT2D eigenvalue weighted by molar-refractivity contribution is -0.721. The molecule has 0 saturated carbocycles. The summed E-state index contributed by atoms with van der Waals surface area (Å²) in [5.74, 6) is -3.33. The summed E-state index contributed by atoms with van der Waals surface area (Å²) < 4.78 is 26.7. The van der Waals surface area contributed by atoms with Crippen molar-refractivity contribution in [3.05, 3.63) is 22.7 Å². The molecule has 3 rings (SSSR count). The van der Waals surface area contributed by atoms with Gasteiger partial charge in [0.1, 0.15) is 5.33 Å². The first-order chi connectivity index (χ1) is 10.7. The van der Waals surface area contributed by atoms with E-state index >= 15 is 0 Å². The fourth-order valence-corrected chi connectivity index (χ4v) is 4.15. The molecule has 11 heteroatoms. The van der Waals surface area contributed by atoms with Crippen molar-refractivity contribution < 1.29 is 36.6 Å². The molecule has 1 fully saturated rings. The van der Waals surface area contributed by atoms with Crippen LogP contribution in [0.4, 0.5) is 0 Å². The summed E-state index contributed by atoms with van der Waals surface area (Å²) in [4.78, 5) is 36.7. The molecule has 0 aromatic heterocycles. The standard InChI is InChI=1S/C12H11BrN2O7S/c1-23(20,21)22-10-5-2-3-14-7-8(5)15(11(7)17,6(16)4-13)9(10)12(18)19/h7,14H,2-4H2,1H3/p+1/t7-,15-/m0/s1. The number of rotatable bonds is 4. The number of quaternary nitrogens is 1. The predicted molar refractivity (Wildman–Crippen MR) is 78.1 cm³/mol. The zero-order chi connectivity index (χ0) is 17.2. The van der Waals surface area contributed by atoms with Crippen molar-refractivity contribution in [2.45, 2.75) is 12.5 Å². The maximum atomic E-state index is 12.5. The third-order valence-corrected chi connectivity index (χ3v) is 4.94. The maximum absolute atomic E-state index is 12.5. The molecule has 9 nitrogen and oxygen atoms in total. The molecule has 0 bridgehead atoms. The number of β-lactam (4-membered cyclic amide) rings is 1. The Balaban J connectivity index is 2.32. The SMILES string of the molecule is CS(=O)(=O)OC1=C(C(=O)O)[N@@+]2(C(=O)CBr)C(=O)[C@H]3NCCC1=C32. The first-order valence-corrected chi connectivity index (χ1v) is 9.47. The summed E-state index contributed by atoms with van der Waals surface area (Å²) >= 11 is 2.95. The van der Waals surface area contributed by atoms with Crippen molar-refractivity contribution in [2.75, 3.05) is 18.1 Å². The minimum absolute atomic E-state index is 0.252. The first-order valence-electron chi connectivity index (χ1n) is 6.54. The first kappa shape index (κ1) is 16.3. The van der Waals surface area contributed by atoms with Gasteiger partial charge in [0.25, 0.3) is 5.70 Å². The summed E-state index contributed by atoms with van der Waals surface area (Å²) in [5, 5.41) is 12.2. The molecule has 23 heavy (non-hydrogen) atoms. The summed E-state index contributed by atoms with van der Waals surface area (Å²) in [6.07, 6.45) is 1.04. The van der Waals surface area contributed by atoms with Crippen LogP contribution in [-0.4, -0.2) is 60.0 Å². The summed E-state index contributed by atoms with van der Waals surface area (Å²) in [5.41, 5.74) is -0.109. The van der Waals surface area contributed by atoms with E-state index in [-0.39, 0.29) is 17.4 Å². The van der Waals surface area contributed by atoms with Crippen LogP contribution in [0.2, 0.25) is 0 Å². The number of carboxylic acids is 1. The van der Waals surface area contributed by atoms with E-state index in [9.17, 15) is 27.9 Å². The van der Waals surface area contributed by atoms with Crippen LogP contribution in [0.1, 0.15) is 6.42 Å². The lowest BCUT2D eigenvalue weighted by Gasteiger charge is -2.44. The Morgan fingerprint density at radius 1 is 1.48 bits per heavy atom. The number of hydrogen-bond acceptors (Lipinski definition) is 7. The third kappa shape index (κ3) is 1.97. The normalized spacial score (nSPS) is 29.3. The van der Waals surface area contributed by atoms with E-state index in [0.717, 1.165) is 6.26 Å². The molecule has 0 spiro atoms. The lowest BCUT2D eigenvalue weighted by atomic mass is 9.90. The zero-order valence-electron chi connectivity index (χ0n) is 11.8. The quantitative estimate of drug-likeness (QED) is 0.267. The van der Waals surface area contributed by atoms with E-state index in [1.807, 2.05) is 0 Å². The molecule has 2 N–H and O–H groups in total. The molecule has 0 radical (unpaired) electrons. The Labute approximate surface area is 139 Å². The summed E-state index contributed by atoms with van der Waals surface area (Å²) in [7, 11) is -4.03. The Bertz CT molecular complexity index is 828. The van der Waals surface area contributed by atoms with Crippen LogP contribution in [0.15, 0.2) is 22.7 Å². The summed E-state index contributed by atoms with van der Waals surface area (Å²) in [6, 6.07) is -0.795. The average Bonchev–Trinajstić information content (AvgIpc) is 2.74. The molecule has 2 atom stereocenters. The van der Waals surface area contributed by atoms with Gasteiger partial charge in [-0.1, -0.05) is 15.9 Å². The van der Waals surface area contributed by atoms with Crippen LogP contribution in [-0.2, 0) is 28.7 Å². The van der Waals surface area contributed by atoms with Gasteiger partial charge in [0.2, 0.25) is 11.8 Å². The molecule has 124 valence electrons. The van der Waals surface area contributed by atoms with E-state index in [1.54, 1.807) is 0 Å². The Kier molecular flexibility index (Phi) is 3.52. The van der Waals surface area contributed by atoms with Gasteiger partial charge in [0.05, 0.1) is 11.8 Å². The van der Waals surface area contributed by atoms with Crippen molar-refractivity contribution in [2.24, 2.45) is 0 Å². The maximum Gasteiger partial charge on any atom is 0.396 e. The molecule has 3 heterocycles. The highest BCUT2D eigenvalue weighted by Gasteiger charge is 2.75. The number of aliphatic carboxylic acids is 1. The molecule has 1 saturated heterocycles. The second-order valence-electron chi connectivity index (χ2n) is 5.31. The topological polar surface area (TPSA) is 127 Å². The van der Waals surface area contributed by atoms with Gasteiger partial charge in [0.15, 0.2) is 5.70 Å². The summed E-state index contributed by atoms with van der Waals surface area (Å²) in [6.45, 7) is 0.348. The van der Waals surface area contributed by atoms with Crippen molar-refractivity contribution in [3.8, 4) is 0 Å². The number of carbonyl (C=O) groups excluding carboxylic acids is 2. The third-order valence-electron chi connectivity index (χ3n) is 4.00. The van der Waals surface area contributed by atoms with Crippen LogP contribution in [0.25, 0.3) is 0 Å². The largest absolute Gasteiger partial charge is 0.474 e. The minimum Gasteiger partial charge on any atom is -0.474 e. The lowest BCUT2D eigenvalue weighted by Crippen LogP contribution is -2.75. The van der Waals surface area contributed by atoms with E-state index in [2.05, 4.69) is 21.2 Å². The second-order valence-corrected chi connectivity index (χ2v) is 7.44. The highest BCUT2D eigenvalue weighted by atomic mass is 79.9. The van der Waals surface area contributed by atoms with E-state index in [0.29, 0.717) is 12.1 Å². The molecular weight excluding hydrogens is 396 g/mol. The second kappa shape index (κ2) is 4.97. The van der Waals surface area contributed by atoms with Gasteiger partial charge in [0, 0.05) is 6.54 Å². The van der Waals surface area contributed by atoms with Crippen molar-refractivity contribution in [1.29, 1.82) is 0 Å². The zero-order valence-corrected chi connectivity index (χ0v) is 14.2. The Morgan fingerprint density at radius 2 is 2.13 bits per heavy atom. The Hall–Kier alpha value is -1.56. The minimum atomic E-state index is -4.03. The van der Waals surface area contributed by atoms with Crippen LogP contribution in [0.5, 0.6) is 0 Å². The van der Waals surface area contributed by atoms with Crippen LogP contribution in [0, 0.1) is 0 Å².